The van der Waals surface area contributed by atoms with Crippen LogP contribution in [0.1, 0.15) is 55.1 Å². The number of anilines is 1. The van der Waals surface area contributed by atoms with Crippen LogP contribution < -0.4 is 5.32 Å². The van der Waals surface area contributed by atoms with Crippen LogP contribution in [0.15, 0.2) is 40.4 Å². The number of nitriles is 1. The molecule has 1 aliphatic rings. The molecule has 1 aromatic carbocycles. The molecule has 1 aliphatic carbocycles. The van der Waals surface area contributed by atoms with Gasteiger partial charge in [0, 0.05) is 27.6 Å². The molecule has 0 bridgehead atoms. The summed E-state index contributed by atoms with van der Waals surface area (Å²) in [6, 6.07) is 12.0. The maximum atomic E-state index is 12.5. The SMILES string of the molecule is Cc1cc(/C=C(/C#N)C(=O)Nc2cccc(Br)c2)c(C)n1C1CCCCC1. The van der Waals surface area contributed by atoms with Gasteiger partial charge in [0.15, 0.2) is 0 Å². The Morgan fingerprint density at radius 1 is 1.26 bits per heavy atom. The van der Waals surface area contributed by atoms with E-state index in [0.717, 1.165) is 15.7 Å². The highest BCUT2D eigenvalue weighted by Gasteiger charge is 2.20. The van der Waals surface area contributed by atoms with Gasteiger partial charge in [-0.05, 0) is 62.6 Å². The van der Waals surface area contributed by atoms with E-state index in [2.05, 4.69) is 45.7 Å². The topological polar surface area (TPSA) is 57.8 Å². The summed E-state index contributed by atoms with van der Waals surface area (Å²) in [5.41, 5.74) is 4.03. The first kappa shape index (κ1) is 19.4. The Morgan fingerprint density at radius 2 is 2.00 bits per heavy atom. The second-order valence-electron chi connectivity index (χ2n) is 7.12. The number of hydrogen-bond acceptors (Lipinski definition) is 2. The van der Waals surface area contributed by atoms with Gasteiger partial charge < -0.3 is 9.88 Å². The molecular weight excluding hydrogens is 402 g/mol. The number of rotatable bonds is 4. The summed E-state index contributed by atoms with van der Waals surface area (Å²) >= 11 is 3.38. The molecule has 1 saturated carbocycles. The summed E-state index contributed by atoms with van der Waals surface area (Å²) < 4.78 is 3.26. The zero-order chi connectivity index (χ0) is 19.4. The Bertz CT molecular complexity index is 914. The van der Waals surface area contributed by atoms with Crippen molar-refractivity contribution in [3.05, 3.63) is 57.3 Å². The van der Waals surface area contributed by atoms with E-state index in [4.69, 9.17) is 0 Å². The molecule has 27 heavy (non-hydrogen) atoms. The number of aryl methyl sites for hydroxylation is 1. The van der Waals surface area contributed by atoms with E-state index in [1.165, 1.54) is 37.8 Å². The molecule has 0 radical (unpaired) electrons. The summed E-state index contributed by atoms with van der Waals surface area (Å²) in [5, 5.41) is 12.3. The van der Waals surface area contributed by atoms with E-state index in [0.29, 0.717) is 11.7 Å². The molecule has 5 heteroatoms. The van der Waals surface area contributed by atoms with Crippen molar-refractivity contribution in [2.24, 2.45) is 0 Å². The van der Waals surface area contributed by atoms with Crippen LogP contribution in [0.5, 0.6) is 0 Å². The summed E-state index contributed by atoms with van der Waals surface area (Å²) in [5.74, 6) is -0.391. The predicted octanol–water partition coefficient (Wildman–Crippen LogP) is 5.92. The maximum Gasteiger partial charge on any atom is 0.266 e. The molecule has 2 aromatic rings. The number of benzene rings is 1. The highest BCUT2D eigenvalue weighted by Crippen LogP contribution is 2.32. The van der Waals surface area contributed by atoms with E-state index in [9.17, 15) is 10.1 Å². The number of carbonyl (C=O) groups is 1. The fourth-order valence-electron chi connectivity index (χ4n) is 3.92. The molecule has 0 spiro atoms. The Labute approximate surface area is 169 Å². The van der Waals surface area contributed by atoms with Gasteiger partial charge in [-0.2, -0.15) is 5.26 Å². The summed E-state index contributed by atoms with van der Waals surface area (Å²) in [6.07, 6.45) is 7.96. The first-order chi connectivity index (χ1) is 13.0. The van der Waals surface area contributed by atoms with Crippen molar-refractivity contribution in [1.82, 2.24) is 4.57 Å². The number of nitrogens with zero attached hydrogens (tertiary/aromatic N) is 2. The second kappa shape index (κ2) is 8.58. The second-order valence-corrected chi connectivity index (χ2v) is 8.04. The lowest BCUT2D eigenvalue weighted by atomic mass is 9.95. The number of aromatic nitrogens is 1. The molecule has 0 atom stereocenters. The number of carbonyl (C=O) groups excluding carboxylic acids is 1. The summed E-state index contributed by atoms with van der Waals surface area (Å²) in [7, 11) is 0. The van der Waals surface area contributed by atoms with Crippen molar-refractivity contribution in [2.45, 2.75) is 52.0 Å². The van der Waals surface area contributed by atoms with Gasteiger partial charge in [-0.3, -0.25) is 4.79 Å². The molecule has 4 nitrogen and oxygen atoms in total. The van der Waals surface area contributed by atoms with E-state index in [1.54, 1.807) is 12.1 Å². The number of hydrogen-bond donors (Lipinski definition) is 1. The van der Waals surface area contributed by atoms with E-state index >= 15 is 0 Å². The zero-order valence-electron chi connectivity index (χ0n) is 15.8. The van der Waals surface area contributed by atoms with Gasteiger partial charge in [0.2, 0.25) is 0 Å². The van der Waals surface area contributed by atoms with Gasteiger partial charge in [0.1, 0.15) is 11.6 Å². The minimum Gasteiger partial charge on any atom is -0.346 e. The molecule has 1 heterocycles. The molecular formula is C22H24BrN3O. The average Bonchev–Trinajstić information content (AvgIpc) is 2.93. The van der Waals surface area contributed by atoms with E-state index in [-0.39, 0.29) is 5.57 Å². The highest BCUT2D eigenvalue weighted by molar-refractivity contribution is 9.10. The van der Waals surface area contributed by atoms with Crippen molar-refractivity contribution in [3.63, 3.8) is 0 Å². The van der Waals surface area contributed by atoms with Crippen molar-refractivity contribution >= 4 is 33.6 Å². The largest absolute Gasteiger partial charge is 0.346 e. The van der Waals surface area contributed by atoms with Gasteiger partial charge in [0.05, 0.1) is 0 Å². The van der Waals surface area contributed by atoms with Gasteiger partial charge in [0.25, 0.3) is 5.91 Å². The lowest BCUT2D eigenvalue weighted by Crippen LogP contribution is -2.15. The highest BCUT2D eigenvalue weighted by atomic mass is 79.9. The van der Waals surface area contributed by atoms with Gasteiger partial charge in [-0.25, -0.2) is 0 Å². The summed E-state index contributed by atoms with van der Waals surface area (Å²) in [4.78, 5) is 12.5. The first-order valence-corrected chi connectivity index (χ1v) is 10.2. The Hall–Kier alpha value is -2.32. The third-order valence-electron chi connectivity index (χ3n) is 5.21. The first-order valence-electron chi connectivity index (χ1n) is 9.36. The van der Waals surface area contributed by atoms with Crippen molar-refractivity contribution in [1.29, 1.82) is 5.26 Å². The normalized spacial score (nSPS) is 15.4. The monoisotopic (exact) mass is 425 g/mol. The fourth-order valence-corrected chi connectivity index (χ4v) is 4.32. The Kier molecular flexibility index (Phi) is 6.18. The van der Waals surface area contributed by atoms with Crippen molar-refractivity contribution in [2.75, 3.05) is 5.32 Å². The molecule has 3 rings (SSSR count). The third kappa shape index (κ3) is 4.51. The van der Waals surface area contributed by atoms with Crippen molar-refractivity contribution < 1.29 is 4.79 Å². The predicted molar refractivity (Wildman–Crippen MR) is 112 cm³/mol. The molecule has 1 fully saturated rings. The quantitative estimate of drug-likeness (QED) is 0.488. The van der Waals surface area contributed by atoms with Gasteiger partial charge >= 0.3 is 0 Å². The van der Waals surface area contributed by atoms with Crippen LogP contribution in [-0.4, -0.2) is 10.5 Å². The van der Waals surface area contributed by atoms with Crippen molar-refractivity contribution in [3.8, 4) is 6.07 Å². The Balaban J connectivity index is 1.85. The molecule has 0 unspecified atom stereocenters. The molecule has 1 aromatic heterocycles. The molecule has 140 valence electrons. The molecule has 0 saturated heterocycles. The lowest BCUT2D eigenvalue weighted by molar-refractivity contribution is -0.112. The average molecular weight is 426 g/mol. The number of halogens is 1. The van der Waals surface area contributed by atoms with Crippen LogP contribution in [-0.2, 0) is 4.79 Å². The molecule has 1 amide bonds. The number of amides is 1. The van der Waals surface area contributed by atoms with Gasteiger partial charge in [-0.1, -0.05) is 41.3 Å². The van der Waals surface area contributed by atoms with Crippen LogP contribution in [0.25, 0.3) is 6.08 Å². The maximum absolute atomic E-state index is 12.5. The van der Waals surface area contributed by atoms with E-state index in [1.807, 2.05) is 24.3 Å². The van der Waals surface area contributed by atoms with Crippen LogP contribution in [0.4, 0.5) is 5.69 Å². The summed E-state index contributed by atoms with van der Waals surface area (Å²) in [6.45, 7) is 4.18. The minimum atomic E-state index is -0.391. The van der Waals surface area contributed by atoms with Gasteiger partial charge in [-0.15, -0.1) is 0 Å². The molecule has 0 aliphatic heterocycles. The lowest BCUT2D eigenvalue weighted by Gasteiger charge is -2.26. The van der Waals surface area contributed by atoms with E-state index < -0.39 is 5.91 Å². The van der Waals surface area contributed by atoms with Crippen LogP contribution in [0.3, 0.4) is 0 Å². The van der Waals surface area contributed by atoms with Crippen LogP contribution in [0.2, 0.25) is 0 Å². The Morgan fingerprint density at radius 3 is 2.67 bits per heavy atom. The minimum absolute atomic E-state index is 0.110. The molecule has 1 N–H and O–H groups in total. The fraction of sp³-hybridized carbons (Fsp3) is 0.364. The third-order valence-corrected chi connectivity index (χ3v) is 5.70. The van der Waals surface area contributed by atoms with Crippen LogP contribution in [0, 0.1) is 25.2 Å². The smallest absolute Gasteiger partial charge is 0.266 e. The zero-order valence-corrected chi connectivity index (χ0v) is 17.3. The van der Waals surface area contributed by atoms with Crippen LogP contribution >= 0.6 is 15.9 Å². The standard InChI is InChI=1S/C22H24BrN3O/c1-15-11-17(16(2)26(15)21-9-4-3-5-10-21)12-18(14-24)22(27)25-20-8-6-7-19(23)13-20/h6-8,11-13,21H,3-5,9-10H2,1-2H3,(H,25,27)/b18-12-. The number of nitrogens with one attached hydrogen (secondary N) is 1.